The Bertz CT molecular complexity index is 455. The van der Waals surface area contributed by atoms with Crippen molar-refractivity contribution < 1.29 is 9.90 Å². The van der Waals surface area contributed by atoms with Gasteiger partial charge in [-0.05, 0) is 31.9 Å². The van der Waals surface area contributed by atoms with E-state index in [1.54, 1.807) is 18.7 Å². The molecule has 3 unspecified atom stereocenters. The quantitative estimate of drug-likeness (QED) is 0.856. The van der Waals surface area contributed by atoms with E-state index in [1.807, 2.05) is 30.3 Å². The Balaban J connectivity index is 2.16. The van der Waals surface area contributed by atoms with Gasteiger partial charge in [-0.3, -0.25) is 4.79 Å². The highest BCUT2D eigenvalue weighted by Gasteiger charge is 2.37. The minimum Gasteiger partial charge on any atom is -0.388 e. The van der Waals surface area contributed by atoms with E-state index < -0.39 is 6.10 Å². The van der Waals surface area contributed by atoms with Crippen LogP contribution in [0.1, 0.15) is 26.2 Å². The van der Waals surface area contributed by atoms with E-state index in [4.69, 9.17) is 0 Å². The van der Waals surface area contributed by atoms with Gasteiger partial charge < -0.3 is 5.11 Å². The summed E-state index contributed by atoms with van der Waals surface area (Å²) in [5.74, 6) is -0.133. The zero-order chi connectivity index (χ0) is 13.8. The molecule has 2 rings (SSSR count). The van der Waals surface area contributed by atoms with Crippen molar-refractivity contribution in [1.82, 2.24) is 0 Å². The van der Waals surface area contributed by atoms with Crippen molar-refractivity contribution in [3.8, 4) is 0 Å². The molecule has 0 radical (unpaired) electrons. The molecule has 1 aliphatic carbocycles. The lowest BCUT2D eigenvalue weighted by atomic mass is 9.81. The fourth-order valence-electron chi connectivity index (χ4n) is 2.52. The van der Waals surface area contributed by atoms with E-state index in [2.05, 4.69) is 6.58 Å². The molecule has 19 heavy (non-hydrogen) atoms. The van der Waals surface area contributed by atoms with Crippen molar-refractivity contribution in [3.63, 3.8) is 0 Å². The lowest BCUT2D eigenvalue weighted by Crippen LogP contribution is -2.40. The third-order valence-electron chi connectivity index (χ3n) is 3.56. The number of thioether (sulfide) groups is 1. The van der Waals surface area contributed by atoms with Gasteiger partial charge in [-0.15, -0.1) is 11.8 Å². The summed E-state index contributed by atoms with van der Waals surface area (Å²) in [4.78, 5) is 13.3. The molecule has 0 aliphatic heterocycles. The van der Waals surface area contributed by atoms with E-state index >= 15 is 0 Å². The second kappa shape index (κ2) is 6.40. The summed E-state index contributed by atoms with van der Waals surface area (Å²) in [5, 5.41) is 10.4. The van der Waals surface area contributed by atoms with Crippen molar-refractivity contribution >= 4 is 17.5 Å². The molecule has 0 spiro atoms. The molecular formula is C16H20O2S. The van der Waals surface area contributed by atoms with Crippen LogP contribution in [0.2, 0.25) is 0 Å². The van der Waals surface area contributed by atoms with Gasteiger partial charge in [-0.1, -0.05) is 30.4 Å². The van der Waals surface area contributed by atoms with Crippen molar-refractivity contribution in [2.24, 2.45) is 5.92 Å². The first-order valence-electron chi connectivity index (χ1n) is 6.67. The van der Waals surface area contributed by atoms with Crippen molar-refractivity contribution in [2.45, 2.75) is 42.4 Å². The number of rotatable bonds is 4. The predicted molar refractivity (Wildman–Crippen MR) is 79.3 cm³/mol. The monoisotopic (exact) mass is 276 g/mol. The van der Waals surface area contributed by atoms with Crippen LogP contribution in [-0.4, -0.2) is 22.2 Å². The summed E-state index contributed by atoms with van der Waals surface area (Å²) in [5.41, 5.74) is 0.680. The Hall–Kier alpha value is -1.06. The maximum absolute atomic E-state index is 12.1. The standard InChI is InChI=1S/C16H20O2S/c1-11(2)16(18)15-13(17)9-6-10-14(15)19-12-7-4-3-5-8-12/h3-5,7-8,14-16,18H,1,6,9-10H2,2H3. The molecular weight excluding hydrogens is 256 g/mol. The highest BCUT2D eigenvalue weighted by atomic mass is 32.2. The average molecular weight is 276 g/mol. The van der Waals surface area contributed by atoms with Crippen molar-refractivity contribution in [3.05, 3.63) is 42.5 Å². The van der Waals surface area contributed by atoms with Gasteiger partial charge in [0.15, 0.2) is 0 Å². The number of ketones is 1. The van der Waals surface area contributed by atoms with Gasteiger partial charge in [0.2, 0.25) is 0 Å². The lowest BCUT2D eigenvalue weighted by Gasteiger charge is -2.33. The number of hydrogen-bond donors (Lipinski definition) is 1. The van der Waals surface area contributed by atoms with E-state index in [-0.39, 0.29) is 17.0 Å². The lowest BCUT2D eigenvalue weighted by molar-refractivity contribution is -0.127. The van der Waals surface area contributed by atoms with E-state index in [9.17, 15) is 9.90 Å². The molecule has 3 atom stereocenters. The van der Waals surface area contributed by atoms with Crippen molar-refractivity contribution in [2.75, 3.05) is 0 Å². The summed E-state index contributed by atoms with van der Waals surface area (Å²) >= 11 is 1.70. The first-order valence-corrected chi connectivity index (χ1v) is 7.55. The zero-order valence-electron chi connectivity index (χ0n) is 11.2. The maximum Gasteiger partial charge on any atom is 0.140 e. The molecule has 0 heterocycles. The molecule has 2 nitrogen and oxygen atoms in total. The third-order valence-corrected chi connectivity index (χ3v) is 4.94. The van der Waals surface area contributed by atoms with Gasteiger partial charge >= 0.3 is 0 Å². The Kier molecular flexibility index (Phi) is 4.83. The third kappa shape index (κ3) is 3.48. The summed E-state index contributed by atoms with van der Waals surface area (Å²) in [6.07, 6.45) is 1.76. The highest BCUT2D eigenvalue weighted by molar-refractivity contribution is 8.00. The molecule has 1 saturated carbocycles. The van der Waals surface area contributed by atoms with Gasteiger partial charge in [-0.25, -0.2) is 0 Å². The molecule has 0 bridgehead atoms. The zero-order valence-corrected chi connectivity index (χ0v) is 12.0. The number of Topliss-reactive ketones (excluding diaryl/α,β-unsaturated/α-hetero) is 1. The number of aliphatic hydroxyl groups excluding tert-OH is 1. The largest absolute Gasteiger partial charge is 0.388 e. The fraction of sp³-hybridized carbons (Fsp3) is 0.438. The van der Waals surface area contributed by atoms with Crippen LogP contribution < -0.4 is 0 Å². The number of carbonyl (C=O) groups is 1. The van der Waals surface area contributed by atoms with Crippen LogP contribution >= 0.6 is 11.8 Å². The molecule has 0 aromatic heterocycles. The first kappa shape index (κ1) is 14.4. The Labute approximate surface area is 118 Å². The second-order valence-electron chi connectivity index (χ2n) is 5.14. The summed E-state index contributed by atoms with van der Waals surface area (Å²) < 4.78 is 0. The molecule has 1 aromatic carbocycles. The van der Waals surface area contributed by atoms with Crippen LogP contribution in [0.5, 0.6) is 0 Å². The molecule has 1 fully saturated rings. The number of carbonyl (C=O) groups excluding carboxylic acids is 1. The van der Waals surface area contributed by atoms with Gasteiger partial charge in [0.1, 0.15) is 5.78 Å². The summed E-state index contributed by atoms with van der Waals surface area (Å²) in [6.45, 7) is 5.58. The highest BCUT2D eigenvalue weighted by Crippen LogP contribution is 2.38. The number of hydrogen-bond acceptors (Lipinski definition) is 3. The normalized spacial score (nSPS) is 25.1. The Morgan fingerprint density at radius 2 is 2.11 bits per heavy atom. The second-order valence-corrected chi connectivity index (χ2v) is 6.46. The minimum atomic E-state index is -0.714. The van der Waals surface area contributed by atoms with E-state index in [0.717, 1.165) is 17.7 Å². The van der Waals surface area contributed by atoms with Crippen LogP contribution in [0.25, 0.3) is 0 Å². The molecule has 102 valence electrons. The topological polar surface area (TPSA) is 37.3 Å². The van der Waals surface area contributed by atoms with Gasteiger partial charge in [-0.2, -0.15) is 0 Å². The fourth-order valence-corrected chi connectivity index (χ4v) is 3.92. The molecule has 1 aromatic rings. The van der Waals surface area contributed by atoms with Crippen LogP contribution in [-0.2, 0) is 4.79 Å². The van der Waals surface area contributed by atoms with E-state index in [0.29, 0.717) is 12.0 Å². The van der Waals surface area contributed by atoms with Gasteiger partial charge in [0.25, 0.3) is 0 Å². The Morgan fingerprint density at radius 3 is 2.74 bits per heavy atom. The summed E-state index contributed by atoms with van der Waals surface area (Å²) in [7, 11) is 0. The molecule has 0 saturated heterocycles. The van der Waals surface area contributed by atoms with E-state index in [1.165, 1.54) is 0 Å². The van der Waals surface area contributed by atoms with Crippen LogP contribution in [0.15, 0.2) is 47.4 Å². The minimum absolute atomic E-state index is 0.148. The molecule has 1 aliphatic rings. The maximum atomic E-state index is 12.1. The molecule has 0 amide bonds. The van der Waals surface area contributed by atoms with Crippen molar-refractivity contribution in [1.29, 1.82) is 0 Å². The van der Waals surface area contributed by atoms with Gasteiger partial charge in [0.05, 0.1) is 12.0 Å². The van der Waals surface area contributed by atoms with Gasteiger partial charge in [0, 0.05) is 16.6 Å². The summed E-state index contributed by atoms with van der Waals surface area (Å²) in [6, 6.07) is 10.1. The van der Waals surface area contributed by atoms with Crippen LogP contribution in [0.3, 0.4) is 0 Å². The molecule has 3 heteroatoms. The number of aliphatic hydroxyl groups is 1. The van der Waals surface area contributed by atoms with Crippen LogP contribution in [0, 0.1) is 5.92 Å². The SMILES string of the molecule is C=C(C)C(O)C1C(=O)CCCC1Sc1ccccc1. The number of benzene rings is 1. The average Bonchev–Trinajstić information content (AvgIpc) is 2.39. The Morgan fingerprint density at radius 1 is 1.42 bits per heavy atom. The first-order chi connectivity index (χ1) is 9.09. The smallest absolute Gasteiger partial charge is 0.140 e. The van der Waals surface area contributed by atoms with Crippen LogP contribution in [0.4, 0.5) is 0 Å². The molecule has 1 N–H and O–H groups in total. The predicted octanol–water partition coefficient (Wildman–Crippen LogP) is 3.45.